The van der Waals surface area contributed by atoms with Crippen LogP contribution < -0.4 is 10.2 Å². The Hall–Kier alpha value is -3.77. The highest BCUT2D eigenvalue weighted by atomic mass is 15.2. The lowest BCUT2D eigenvalue weighted by Crippen LogP contribution is -2.43. The van der Waals surface area contributed by atoms with Gasteiger partial charge >= 0.3 is 0 Å². The Morgan fingerprint density at radius 3 is 2.73 bits per heavy atom. The molecular weight excluding hydrogens is 450 g/mol. The number of hydrogen-bond acceptors (Lipinski definition) is 3. The van der Waals surface area contributed by atoms with Gasteiger partial charge in [0.25, 0.3) is 0 Å². The van der Waals surface area contributed by atoms with E-state index in [1.807, 2.05) is 19.2 Å². The van der Waals surface area contributed by atoms with Crippen molar-refractivity contribution in [1.29, 1.82) is 5.26 Å². The largest absolute Gasteiger partial charge is 0.370 e. The number of allylic oxidation sites excluding steroid dienone is 12. The molecule has 0 saturated heterocycles. The summed E-state index contributed by atoms with van der Waals surface area (Å²) in [6.45, 7) is 6.71. The lowest BCUT2D eigenvalue weighted by atomic mass is 9.71. The van der Waals surface area contributed by atoms with Crippen molar-refractivity contribution in [3.8, 4) is 6.07 Å². The van der Waals surface area contributed by atoms with Gasteiger partial charge in [-0.25, -0.2) is 0 Å². The summed E-state index contributed by atoms with van der Waals surface area (Å²) >= 11 is 0. The highest BCUT2D eigenvalue weighted by Crippen LogP contribution is 2.49. The SMILES string of the molecule is CC1(C)C2=C(CCC=C2)N(C2C=CC=C(C3=CCC(C4=CC=CN[C@@]4(C)C#N)C=C3)C2)c2ccccc21. The molecule has 37 heavy (non-hydrogen) atoms. The number of para-hydroxylation sites is 1. The second kappa shape index (κ2) is 8.96. The number of nitrogens with zero attached hydrogens (tertiary/aromatic N) is 2. The van der Waals surface area contributed by atoms with Crippen molar-refractivity contribution in [2.75, 3.05) is 4.90 Å². The van der Waals surface area contributed by atoms with Crippen LogP contribution in [0.15, 0.2) is 119 Å². The third-order valence-electron chi connectivity index (χ3n) is 8.75. The predicted octanol–water partition coefficient (Wildman–Crippen LogP) is 7.47. The van der Waals surface area contributed by atoms with Crippen molar-refractivity contribution in [3.63, 3.8) is 0 Å². The molecule has 0 fully saturated rings. The smallest absolute Gasteiger partial charge is 0.144 e. The summed E-state index contributed by atoms with van der Waals surface area (Å²) < 4.78 is 0. The zero-order chi connectivity index (χ0) is 25.6. The van der Waals surface area contributed by atoms with Crippen LogP contribution in [0.3, 0.4) is 0 Å². The summed E-state index contributed by atoms with van der Waals surface area (Å²) in [5.41, 5.74) is 8.90. The maximum absolute atomic E-state index is 9.79. The fourth-order valence-corrected chi connectivity index (χ4v) is 6.70. The Kier molecular flexibility index (Phi) is 5.72. The second-order valence-electron chi connectivity index (χ2n) is 11.4. The molecule has 0 bridgehead atoms. The van der Waals surface area contributed by atoms with Crippen molar-refractivity contribution in [1.82, 2.24) is 5.32 Å². The monoisotopic (exact) mass is 485 g/mol. The number of fused-ring (bicyclic) bond motifs is 1. The van der Waals surface area contributed by atoms with Crippen LogP contribution in [0.4, 0.5) is 5.69 Å². The molecule has 5 aliphatic rings. The molecule has 1 aromatic rings. The molecule has 0 saturated carbocycles. The molecule has 0 radical (unpaired) electrons. The quantitative estimate of drug-likeness (QED) is 0.483. The van der Waals surface area contributed by atoms with Gasteiger partial charge in [-0.05, 0) is 78.8 Å². The van der Waals surface area contributed by atoms with Crippen LogP contribution in [0, 0.1) is 17.2 Å². The minimum atomic E-state index is -0.650. The highest BCUT2D eigenvalue weighted by Gasteiger charge is 2.40. The minimum absolute atomic E-state index is 0.00974. The van der Waals surface area contributed by atoms with E-state index in [1.54, 1.807) is 0 Å². The number of nitriles is 1. The molecule has 6 rings (SSSR count). The number of anilines is 1. The zero-order valence-electron chi connectivity index (χ0n) is 22.0. The first-order valence-corrected chi connectivity index (χ1v) is 13.5. The number of nitrogens with one attached hydrogen (secondary N) is 1. The minimum Gasteiger partial charge on any atom is -0.370 e. The lowest BCUT2D eigenvalue weighted by Gasteiger charge is -2.47. The Bertz CT molecular complexity index is 1410. The zero-order valence-corrected chi connectivity index (χ0v) is 22.0. The average molecular weight is 486 g/mol. The van der Waals surface area contributed by atoms with Crippen molar-refractivity contribution >= 4 is 5.69 Å². The highest BCUT2D eigenvalue weighted by molar-refractivity contribution is 5.71. The summed E-state index contributed by atoms with van der Waals surface area (Å²) in [5.74, 6) is 0.235. The van der Waals surface area contributed by atoms with Crippen molar-refractivity contribution in [3.05, 3.63) is 125 Å². The van der Waals surface area contributed by atoms with Crippen molar-refractivity contribution < 1.29 is 0 Å². The fourth-order valence-electron chi connectivity index (χ4n) is 6.70. The van der Waals surface area contributed by atoms with Crippen LogP contribution >= 0.6 is 0 Å². The van der Waals surface area contributed by atoms with Crippen LogP contribution in [0.1, 0.15) is 52.0 Å². The first-order valence-electron chi connectivity index (χ1n) is 13.5. The number of benzene rings is 1. The summed E-state index contributed by atoms with van der Waals surface area (Å²) in [5, 5.41) is 13.0. The van der Waals surface area contributed by atoms with E-state index >= 15 is 0 Å². The molecule has 0 amide bonds. The molecule has 0 spiro atoms. The Balaban J connectivity index is 1.27. The van der Waals surface area contributed by atoms with Gasteiger partial charge in [-0.2, -0.15) is 5.26 Å². The van der Waals surface area contributed by atoms with Crippen LogP contribution in [0.5, 0.6) is 0 Å². The molecule has 0 aromatic heterocycles. The van der Waals surface area contributed by atoms with E-state index in [-0.39, 0.29) is 17.4 Å². The molecule has 3 heteroatoms. The molecule has 2 aliphatic heterocycles. The van der Waals surface area contributed by atoms with E-state index in [0.717, 1.165) is 31.3 Å². The van der Waals surface area contributed by atoms with E-state index < -0.39 is 5.54 Å². The van der Waals surface area contributed by atoms with Crippen LogP contribution in [-0.4, -0.2) is 11.6 Å². The Morgan fingerprint density at radius 1 is 1.05 bits per heavy atom. The molecule has 2 unspecified atom stereocenters. The van der Waals surface area contributed by atoms with Gasteiger partial charge in [0.2, 0.25) is 0 Å². The molecule has 3 atom stereocenters. The molecular formula is C34H35N3. The lowest BCUT2D eigenvalue weighted by molar-refractivity contribution is 0.525. The predicted molar refractivity (Wildman–Crippen MR) is 153 cm³/mol. The normalized spacial score (nSPS) is 29.5. The van der Waals surface area contributed by atoms with Crippen LogP contribution in [0.25, 0.3) is 0 Å². The summed E-state index contributed by atoms with van der Waals surface area (Å²) in [7, 11) is 0. The maximum atomic E-state index is 9.79. The van der Waals surface area contributed by atoms with Crippen LogP contribution in [0.2, 0.25) is 0 Å². The maximum Gasteiger partial charge on any atom is 0.144 e. The summed E-state index contributed by atoms with van der Waals surface area (Å²) in [6.07, 6.45) is 28.6. The third kappa shape index (κ3) is 3.87. The Labute approximate surface area is 221 Å². The number of dihydropyridines is 1. The van der Waals surface area contributed by atoms with E-state index in [1.165, 1.54) is 33.7 Å². The van der Waals surface area contributed by atoms with Gasteiger partial charge in [-0.15, -0.1) is 0 Å². The van der Waals surface area contributed by atoms with E-state index in [4.69, 9.17) is 0 Å². The van der Waals surface area contributed by atoms with Gasteiger partial charge in [-0.3, -0.25) is 0 Å². The fraction of sp³-hybridized carbons (Fsp3) is 0.324. The first kappa shape index (κ1) is 23.6. The average Bonchev–Trinajstić information content (AvgIpc) is 2.94. The summed E-state index contributed by atoms with van der Waals surface area (Å²) in [6, 6.07) is 11.7. The van der Waals surface area contributed by atoms with Gasteiger partial charge in [-0.1, -0.05) is 86.7 Å². The van der Waals surface area contributed by atoms with E-state index in [2.05, 4.69) is 109 Å². The number of hydrogen-bond donors (Lipinski definition) is 1. The summed E-state index contributed by atoms with van der Waals surface area (Å²) in [4.78, 5) is 2.63. The molecule has 2 heterocycles. The Morgan fingerprint density at radius 2 is 1.92 bits per heavy atom. The molecule has 3 nitrogen and oxygen atoms in total. The van der Waals surface area contributed by atoms with Crippen molar-refractivity contribution in [2.45, 2.75) is 63.5 Å². The number of rotatable bonds is 3. The van der Waals surface area contributed by atoms with E-state index in [0.29, 0.717) is 0 Å². The first-order chi connectivity index (χ1) is 17.9. The molecule has 1 N–H and O–H groups in total. The van der Waals surface area contributed by atoms with Gasteiger partial charge in [0.15, 0.2) is 0 Å². The van der Waals surface area contributed by atoms with Crippen LogP contribution in [-0.2, 0) is 5.41 Å². The van der Waals surface area contributed by atoms with Gasteiger partial charge in [0, 0.05) is 22.7 Å². The van der Waals surface area contributed by atoms with Crippen molar-refractivity contribution in [2.24, 2.45) is 5.92 Å². The standard InChI is InChI=1S/C34H35N3/c1-33(2)29-12-4-6-15-31(29)37(32-16-7-5-13-30(32)33)27-11-8-10-26(22-27)24-17-19-25(20-18-24)28-14-9-21-36-34(28,3)23-35/h4-6,8-15,17-19,21,25,27,36H,7,16,20,22H2,1-3H3/t25?,27?,34-/m0/s1. The molecule has 3 aliphatic carbocycles. The van der Waals surface area contributed by atoms with Gasteiger partial charge in [0.05, 0.1) is 12.1 Å². The van der Waals surface area contributed by atoms with Gasteiger partial charge < -0.3 is 10.2 Å². The van der Waals surface area contributed by atoms with Gasteiger partial charge in [0.1, 0.15) is 5.54 Å². The third-order valence-corrected chi connectivity index (χ3v) is 8.75. The molecule has 1 aromatic carbocycles. The second-order valence-corrected chi connectivity index (χ2v) is 11.4. The molecule has 186 valence electrons. The topological polar surface area (TPSA) is 39.1 Å². The van der Waals surface area contributed by atoms with E-state index in [9.17, 15) is 5.26 Å².